The molecule has 1 amide bonds. The van der Waals surface area contributed by atoms with E-state index in [1.807, 2.05) is 33.8 Å². The molecule has 0 aliphatic rings. The fourth-order valence-electron chi connectivity index (χ4n) is 1.65. The second-order valence-electron chi connectivity index (χ2n) is 5.91. The largest absolute Gasteiger partial charge is 0.444 e. The third kappa shape index (κ3) is 7.55. The van der Waals surface area contributed by atoms with Gasteiger partial charge in [0.15, 0.2) is 0 Å². The Morgan fingerprint density at radius 3 is 2.57 bits per heavy atom. The molecule has 1 rings (SSSR count). The predicted octanol–water partition coefficient (Wildman–Crippen LogP) is 4.00. The Morgan fingerprint density at radius 1 is 1.33 bits per heavy atom. The molecule has 0 heterocycles. The van der Waals surface area contributed by atoms with Gasteiger partial charge in [-0.15, -0.1) is 0 Å². The molecule has 0 aliphatic carbocycles. The molecule has 4 nitrogen and oxygen atoms in total. The van der Waals surface area contributed by atoms with Crippen molar-refractivity contribution >= 4 is 29.3 Å². The molecule has 0 aromatic heterocycles. The molecule has 0 unspecified atom stereocenters. The minimum absolute atomic E-state index is 0.0501. The van der Waals surface area contributed by atoms with Gasteiger partial charge in [0.2, 0.25) is 0 Å². The van der Waals surface area contributed by atoms with Crippen LogP contribution in [0.4, 0.5) is 4.79 Å². The van der Waals surface area contributed by atoms with Gasteiger partial charge in [-0.2, -0.15) is 0 Å². The molecular weight excluding hydrogens is 311 g/mol. The van der Waals surface area contributed by atoms with Crippen LogP contribution in [-0.2, 0) is 11.3 Å². The van der Waals surface area contributed by atoms with Gasteiger partial charge in [-0.25, -0.2) is 4.79 Å². The molecule has 1 aromatic rings. The van der Waals surface area contributed by atoms with Gasteiger partial charge in [-0.3, -0.25) is 0 Å². The summed E-state index contributed by atoms with van der Waals surface area (Å²) in [6, 6.07) is 5.34. The summed E-state index contributed by atoms with van der Waals surface area (Å²) in [6.45, 7) is 8.61. The molecule has 0 bridgehead atoms. The van der Waals surface area contributed by atoms with E-state index >= 15 is 0 Å². The van der Waals surface area contributed by atoms with Crippen molar-refractivity contribution in [1.82, 2.24) is 10.6 Å². The average Bonchev–Trinajstić information content (AvgIpc) is 2.29. The van der Waals surface area contributed by atoms with E-state index in [0.717, 1.165) is 5.56 Å². The summed E-state index contributed by atoms with van der Waals surface area (Å²) in [5.74, 6) is 0. The number of ether oxygens (including phenoxy) is 1. The highest BCUT2D eigenvalue weighted by molar-refractivity contribution is 6.35. The van der Waals surface area contributed by atoms with Crippen molar-refractivity contribution < 1.29 is 9.53 Å². The lowest BCUT2D eigenvalue weighted by Gasteiger charge is -2.22. The normalized spacial score (nSPS) is 12.9. The maximum absolute atomic E-state index is 11.6. The van der Waals surface area contributed by atoms with Gasteiger partial charge < -0.3 is 15.4 Å². The Morgan fingerprint density at radius 2 is 2.00 bits per heavy atom. The monoisotopic (exact) mass is 332 g/mol. The molecule has 21 heavy (non-hydrogen) atoms. The summed E-state index contributed by atoms with van der Waals surface area (Å²) in [6.07, 6.45) is -0.415. The van der Waals surface area contributed by atoms with Gasteiger partial charge in [0, 0.05) is 29.2 Å². The van der Waals surface area contributed by atoms with Crippen LogP contribution in [0.1, 0.15) is 33.3 Å². The summed E-state index contributed by atoms with van der Waals surface area (Å²) >= 11 is 11.9. The molecule has 1 atom stereocenters. The first-order valence-electron chi connectivity index (χ1n) is 6.81. The van der Waals surface area contributed by atoms with Gasteiger partial charge in [0.25, 0.3) is 0 Å². The highest BCUT2D eigenvalue weighted by Gasteiger charge is 2.17. The summed E-state index contributed by atoms with van der Waals surface area (Å²) in [4.78, 5) is 11.6. The molecule has 2 N–H and O–H groups in total. The van der Waals surface area contributed by atoms with Gasteiger partial charge in [-0.1, -0.05) is 29.3 Å². The molecule has 1 aromatic carbocycles. The van der Waals surface area contributed by atoms with Crippen molar-refractivity contribution in [3.63, 3.8) is 0 Å². The first kappa shape index (κ1) is 18.1. The molecule has 0 fully saturated rings. The van der Waals surface area contributed by atoms with Crippen molar-refractivity contribution in [3.8, 4) is 0 Å². The fourth-order valence-corrected chi connectivity index (χ4v) is 2.12. The Labute approximate surface area is 136 Å². The van der Waals surface area contributed by atoms with Crippen LogP contribution in [0.5, 0.6) is 0 Å². The van der Waals surface area contributed by atoms with E-state index in [2.05, 4.69) is 10.6 Å². The number of rotatable bonds is 5. The van der Waals surface area contributed by atoms with Crippen LogP contribution in [0.2, 0.25) is 10.0 Å². The van der Waals surface area contributed by atoms with Gasteiger partial charge >= 0.3 is 6.09 Å². The standard InChI is InChI=1S/C15H22Cl2N2O2/c1-10(19-14(20)21-15(2,3)4)8-18-9-11-5-6-12(16)7-13(11)17/h5-7,10,18H,8-9H2,1-4H3,(H,19,20)/t10-/m0/s1. The lowest BCUT2D eigenvalue weighted by molar-refractivity contribution is 0.0508. The summed E-state index contributed by atoms with van der Waals surface area (Å²) in [5.41, 5.74) is 0.471. The van der Waals surface area contributed by atoms with E-state index < -0.39 is 11.7 Å². The fraction of sp³-hybridized carbons (Fsp3) is 0.533. The third-order valence-electron chi connectivity index (χ3n) is 2.54. The lowest BCUT2D eigenvalue weighted by atomic mass is 10.2. The summed E-state index contributed by atoms with van der Waals surface area (Å²) in [7, 11) is 0. The summed E-state index contributed by atoms with van der Waals surface area (Å²) < 4.78 is 5.19. The van der Waals surface area contributed by atoms with Crippen molar-refractivity contribution in [2.75, 3.05) is 6.54 Å². The van der Waals surface area contributed by atoms with Gasteiger partial charge in [0.1, 0.15) is 5.60 Å². The molecule has 118 valence electrons. The molecule has 0 saturated carbocycles. The molecule has 0 spiro atoms. The van der Waals surface area contributed by atoms with Crippen LogP contribution in [-0.4, -0.2) is 24.3 Å². The number of halogens is 2. The van der Waals surface area contributed by atoms with Crippen LogP contribution in [0.3, 0.4) is 0 Å². The number of carbonyl (C=O) groups is 1. The van der Waals surface area contributed by atoms with E-state index in [0.29, 0.717) is 23.1 Å². The first-order chi connectivity index (χ1) is 9.67. The molecule has 6 heteroatoms. The van der Waals surface area contributed by atoms with Crippen molar-refractivity contribution in [2.45, 2.75) is 45.9 Å². The number of carbonyl (C=O) groups excluding carboxylic acids is 1. The minimum atomic E-state index is -0.492. The zero-order valence-corrected chi connectivity index (χ0v) is 14.3. The van der Waals surface area contributed by atoms with Crippen LogP contribution in [0.25, 0.3) is 0 Å². The van der Waals surface area contributed by atoms with E-state index in [1.54, 1.807) is 12.1 Å². The van der Waals surface area contributed by atoms with Crippen molar-refractivity contribution in [3.05, 3.63) is 33.8 Å². The highest BCUT2D eigenvalue weighted by atomic mass is 35.5. The minimum Gasteiger partial charge on any atom is -0.444 e. The zero-order valence-electron chi connectivity index (χ0n) is 12.8. The van der Waals surface area contributed by atoms with Crippen molar-refractivity contribution in [2.24, 2.45) is 0 Å². The van der Waals surface area contributed by atoms with Crippen LogP contribution in [0.15, 0.2) is 18.2 Å². The second kappa shape index (κ2) is 7.87. The summed E-state index contributed by atoms with van der Waals surface area (Å²) in [5, 5.41) is 7.24. The van der Waals surface area contributed by atoms with E-state index in [-0.39, 0.29) is 6.04 Å². The van der Waals surface area contributed by atoms with Crippen LogP contribution < -0.4 is 10.6 Å². The molecule has 0 radical (unpaired) electrons. The van der Waals surface area contributed by atoms with Crippen LogP contribution >= 0.6 is 23.2 Å². The topological polar surface area (TPSA) is 50.4 Å². The Kier molecular flexibility index (Phi) is 6.78. The Hall–Kier alpha value is -0.970. The zero-order chi connectivity index (χ0) is 16.0. The SMILES string of the molecule is C[C@@H](CNCc1ccc(Cl)cc1Cl)NC(=O)OC(C)(C)C. The number of hydrogen-bond acceptors (Lipinski definition) is 3. The predicted molar refractivity (Wildman–Crippen MR) is 87.0 cm³/mol. The Balaban J connectivity index is 2.33. The average molecular weight is 333 g/mol. The van der Waals surface area contributed by atoms with Gasteiger partial charge in [-0.05, 0) is 45.4 Å². The molecule has 0 aliphatic heterocycles. The second-order valence-corrected chi connectivity index (χ2v) is 6.76. The first-order valence-corrected chi connectivity index (χ1v) is 7.57. The highest BCUT2D eigenvalue weighted by Crippen LogP contribution is 2.20. The number of nitrogens with one attached hydrogen (secondary N) is 2. The van der Waals surface area contributed by atoms with Gasteiger partial charge in [0.05, 0.1) is 0 Å². The molecule has 0 saturated heterocycles. The lowest BCUT2D eigenvalue weighted by Crippen LogP contribution is -2.42. The maximum atomic E-state index is 11.6. The van der Waals surface area contributed by atoms with E-state index in [9.17, 15) is 4.79 Å². The smallest absolute Gasteiger partial charge is 0.407 e. The van der Waals surface area contributed by atoms with E-state index in [4.69, 9.17) is 27.9 Å². The van der Waals surface area contributed by atoms with Crippen molar-refractivity contribution in [1.29, 1.82) is 0 Å². The van der Waals surface area contributed by atoms with E-state index in [1.165, 1.54) is 0 Å². The Bertz CT molecular complexity index is 487. The third-order valence-corrected chi connectivity index (χ3v) is 3.13. The number of amides is 1. The van der Waals surface area contributed by atoms with Crippen LogP contribution in [0, 0.1) is 0 Å². The molecular formula is C15H22Cl2N2O2. The number of alkyl carbamates (subject to hydrolysis) is 1. The quantitative estimate of drug-likeness (QED) is 0.856. The number of benzene rings is 1. The number of hydrogen-bond donors (Lipinski definition) is 2. The maximum Gasteiger partial charge on any atom is 0.407 e.